The molecule has 0 saturated carbocycles. The maximum absolute atomic E-state index is 12.4. The molecule has 0 radical (unpaired) electrons. The van der Waals surface area contributed by atoms with Crippen LogP contribution in [0, 0.1) is 0 Å². The number of nitrogens with one attached hydrogen (secondary N) is 1. The molecule has 1 aromatic heterocycles. The zero-order valence-corrected chi connectivity index (χ0v) is 14.4. The van der Waals surface area contributed by atoms with Crippen molar-refractivity contribution in [2.45, 2.75) is 25.7 Å². The van der Waals surface area contributed by atoms with Gasteiger partial charge in [-0.05, 0) is 25.0 Å². The molecular weight excluding hydrogens is 308 g/mol. The molecule has 0 fully saturated rings. The standard InChI is InChI=1S/C18H24N2O4/c1-20-14-12-17(24-3)16(23-2)11-13(14)10-15(20)18(22)19-8-6-4-5-7-9-21/h9-12H,4-8H2,1-3H3,(H,19,22). The Morgan fingerprint density at radius 2 is 1.83 bits per heavy atom. The van der Waals surface area contributed by atoms with Gasteiger partial charge in [0.1, 0.15) is 12.0 Å². The van der Waals surface area contributed by atoms with Gasteiger partial charge in [-0.2, -0.15) is 0 Å². The lowest BCUT2D eigenvalue weighted by molar-refractivity contribution is -0.107. The SMILES string of the molecule is COc1cc2cc(C(=O)NCCCCCC=O)n(C)c2cc1OC. The number of amides is 1. The minimum Gasteiger partial charge on any atom is -0.493 e. The summed E-state index contributed by atoms with van der Waals surface area (Å²) in [7, 11) is 5.03. The number of ether oxygens (including phenoxy) is 2. The quantitative estimate of drug-likeness (QED) is 0.566. The Bertz CT molecular complexity index is 721. The molecule has 0 bridgehead atoms. The van der Waals surface area contributed by atoms with Crippen LogP contribution in [0.2, 0.25) is 0 Å². The highest BCUT2D eigenvalue weighted by Gasteiger charge is 2.15. The van der Waals surface area contributed by atoms with Crippen molar-refractivity contribution in [3.63, 3.8) is 0 Å². The third-order valence-electron chi connectivity index (χ3n) is 4.06. The Morgan fingerprint density at radius 3 is 2.50 bits per heavy atom. The van der Waals surface area contributed by atoms with E-state index in [9.17, 15) is 9.59 Å². The van der Waals surface area contributed by atoms with Gasteiger partial charge in [0.25, 0.3) is 5.91 Å². The lowest BCUT2D eigenvalue weighted by Crippen LogP contribution is -2.26. The molecule has 0 aliphatic carbocycles. The van der Waals surface area contributed by atoms with E-state index in [1.54, 1.807) is 14.2 Å². The van der Waals surface area contributed by atoms with Gasteiger partial charge < -0.3 is 24.2 Å². The van der Waals surface area contributed by atoms with Crippen LogP contribution in [0.25, 0.3) is 10.9 Å². The Kier molecular flexibility index (Phi) is 6.23. The lowest BCUT2D eigenvalue weighted by atomic mass is 10.2. The van der Waals surface area contributed by atoms with Crippen LogP contribution >= 0.6 is 0 Å². The summed E-state index contributed by atoms with van der Waals surface area (Å²) in [6.45, 7) is 0.603. The van der Waals surface area contributed by atoms with Crippen molar-refractivity contribution < 1.29 is 19.1 Å². The van der Waals surface area contributed by atoms with E-state index in [1.165, 1.54) is 0 Å². The van der Waals surface area contributed by atoms with Gasteiger partial charge in [-0.1, -0.05) is 6.42 Å². The second-order valence-corrected chi connectivity index (χ2v) is 5.63. The molecule has 0 aliphatic rings. The number of fused-ring (bicyclic) bond motifs is 1. The minimum atomic E-state index is -0.109. The molecule has 0 atom stereocenters. The number of carbonyl (C=O) groups is 2. The fourth-order valence-corrected chi connectivity index (χ4v) is 2.70. The summed E-state index contributed by atoms with van der Waals surface area (Å²) in [5.41, 5.74) is 1.50. The number of unbranched alkanes of at least 4 members (excludes halogenated alkanes) is 3. The topological polar surface area (TPSA) is 69.6 Å². The second-order valence-electron chi connectivity index (χ2n) is 5.63. The molecule has 6 heteroatoms. The van der Waals surface area contributed by atoms with Gasteiger partial charge >= 0.3 is 0 Å². The van der Waals surface area contributed by atoms with Gasteiger partial charge in [-0.3, -0.25) is 4.79 Å². The summed E-state index contributed by atoms with van der Waals surface area (Å²) < 4.78 is 12.5. The van der Waals surface area contributed by atoms with E-state index < -0.39 is 0 Å². The van der Waals surface area contributed by atoms with E-state index in [-0.39, 0.29) is 5.91 Å². The molecule has 1 aromatic carbocycles. The molecule has 0 aliphatic heterocycles. The Balaban J connectivity index is 2.10. The fourth-order valence-electron chi connectivity index (χ4n) is 2.70. The number of rotatable bonds is 9. The number of aryl methyl sites for hydroxylation is 1. The van der Waals surface area contributed by atoms with E-state index in [0.29, 0.717) is 30.2 Å². The van der Waals surface area contributed by atoms with E-state index in [1.807, 2.05) is 29.8 Å². The number of nitrogens with zero attached hydrogens (tertiary/aromatic N) is 1. The highest BCUT2D eigenvalue weighted by Crippen LogP contribution is 2.33. The molecule has 2 aromatic rings. The maximum Gasteiger partial charge on any atom is 0.267 e. The molecule has 1 amide bonds. The number of aldehydes is 1. The average Bonchev–Trinajstić information content (AvgIpc) is 2.92. The first-order chi connectivity index (χ1) is 11.6. The number of aromatic nitrogens is 1. The number of carbonyl (C=O) groups excluding carboxylic acids is 2. The van der Waals surface area contributed by atoms with Crippen molar-refractivity contribution in [2.75, 3.05) is 20.8 Å². The molecule has 130 valence electrons. The Labute approximate surface area is 141 Å². The van der Waals surface area contributed by atoms with Crippen molar-refractivity contribution in [1.29, 1.82) is 0 Å². The van der Waals surface area contributed by atoms with Gasteiger partial charge in [0.05, 0.1) is 19.7 Å². The average molecular weight is 332 g/mol. The smallest absolute Gasteiger partial charge is 0.267 e. The summed E-state index contributed by atoms with van der Waals surface area (Å²) in [5, 5.41) is 3.85. The van der Waals surface area contributed by atoms with E-state index >= 15 is 0 Å². The van der Waals surface area contributed by atoms with Crippen LogP contribution in [-0.4, -0.2) is 37.5 Å². The second kappa shape index (κ2) is 8.38. The van der Waals surface area contributed by atoms with Crippen LogP contribution < -0.4 is 14.8 Å². The van der Waals surface area contributed by atoms with Gasteiger partial charge in [0, 0.05) is 31.5 Å². The van der Waals surface area contributed by atoms with Gasteiger partial charge in [0.2, 0.25) is 0 Å². The molecular formula is C18H24N2O4. The summed E-state index contributed by atoms with van der Waals surface area (Å²) in [6.07, 6.45) is 4.18. The Morgan fingerprint density at radius 1 is 1.12 bits per heavy atom. The van der Waals surface area contributed by atoms with Gasteiger partial charge in [-0.25, -0.2) is 0 Å². The normalized spacial score (nSPS) is 10.6. The zero-order chi connectivity index (χ0) is 17.5. The number of hydrogen-bond acceptors (Lipinski definition) is 4. The molecule has 24 heavy (non-hydrogen) atoms. The van der Waals surface area contributed by atoms with Crippen LogP contribution in [0.3, 0.4) is 0 Å². The lowest BCUT2D eigenvalue weighted by Gasteiger charge is -2.09. The summed E-state index contributed by atoms with van der Waals surface area (Å²) in [6, 6.07) is 5.58. The fraction of sp³-hybridized carbons (Fsp3) is 0.444. The summed E-state index contributed by atoms with van der Waals surface area (Å²) in [5.74, 6) is 1.16. The van der Waals surface area contributed by atoms with E-state index in [2.05, 4.69) is 5.32 Å². The predicted octanol–water partition coefficient (Wildman–Crippen LogP) is 2.68. The number of methoxy groups -OCH3 is 2. The predicted molar refractivity (Wildman–Crippen MR) is 92.9 cm³/mol. The summed E-state index contributed by atoms with van der Waals surface area (Å²) >= 11 is 0. The van der Waals surface area contributed by atoms with Crippen LogP contribution in [0.15, 0.2) is 18.2 Å². The van der Waals surface area contributed by atoms with Crippen molar-refractivity contribution in [3.05, 3.63) is 23.9 Å². The van der Waals surface area contributed by atoms with Crippen molar-refractivity contribution in [3.8, 4) is 11.5 Å². The van der Waals surface area contributed by atoms with Crippen molar-refractivity contribution in [2.24, 2.45) is 7.05 Å². The number of hydrogen-bond donors (Lipinski definition) is 1. The molecule has 1 heterocycles. The summed E-state index contributed by atoms with van der Waals surface area (Å²) in [4.78, 5) is 22.6. The molecule has 2 rings (SSSR count). The van der Waals surface area contributed by atoms with Gasteiger partial charge in [0.15, 0.2) is 11.5 Å². The van der Waals surface area contributed by atoms with E-state index in [4.69, 9.17) is 9.47 Å². The highest BCUT2D eigenvalue weighted by molar-refractivity contribution is 5.99. The van der Waals surface area contributed by atoms with Crippen molar-refractivity contribution in [1.82, 2.24) is 9.88 Å². The number of benzene rings is 1. The third kappa shape index (κ3) is 3.88. The van der Waals surface area contributed by atoms with Crippen LogP contribution in [0.4, 0.5) is 0 Å². The molecule has 6 nitrogen and oxygen atoms in total. The first-order valence-corrected chi connectivity index (χ1v) is 8.05. The van der Waals surface area contributed by atoms with Crippen LogP contribution in [-0.2, 0) is 11.8 Å². The third-order valence-corrected chi connectivity index (χ3v) is 4.06. The minimum absolute atomic E-state index is 0.109. The maximum atomic E-state index is 12.4. The molecule has 0 unspecified atom stereocenters. The zero-order valence-electron chi connectivity index (χ0n) is 14.4. The molecule has 0 spiro atoms. The molecule has 1 N–H and O–H groups in total. The van der Waals surface area contributed by atoms with Crippen LogP contribution in [0.1, 0.15) is 36.2 Å². The van der Waals surface area contributed by atoms with Crippen molar-refractivity contribution >= 4 is 23.1 Å². The largest absolute Gasteiger partial charge is 0.493 e. The Hall–Kier alpha value is -2.50. The monoisotopic (exact) mass is 332 g/mol. The molecule has 0 saturated heterocycles. The first kappa shape index (κ1) is 17.8. The highest BCUT2D eigenvalue weighted by atomic mass is 16.5. The van der Waals surface area contributed by atoms with Crippen LogP contribution in [0.5, 0.6) is 11.5 Å². The van der Waals surface area contributed by atoms with E-state index in [0.717, 1.165) is 36.5 Å². The van der Waals surface area contributed by atoms with Gasteiger partial charge in [-0.15, -0.1) is 0 Å². The first-order valence-electron chi connectivity index (χ1n) is 8.05.